The number of carbonyl (C=O) groups excluding carboxylic acids is 2. The Balaban J connectivity index is 2.05. The molecule has 2 amide bonds. The third-order valence-corrected chi connectivity index (χ3v) is 3.58. The number of carbonyl (C=O) groups is 2. The Kier molecular flexibility index (Phi) is 5.14. The Morgan fingerprint density at radius 3 is 2.77 bits per heavy atom. The van der Waals surface area contributed by atoms with E-state index in [4.69, 9.17) is 4.74 Å². The lowest BCUT2D eigenvalue weighted by molar-refractivity contribution is -0.121. The second kappa shape index (κ2) is 7.06. The summed E-state index contributed by atoms with van der Waals surface area (Å²) in [6.07, 6.45) is 0.652. The van der Waals surface area contributed by atoms with Crippen LogP contribution in [-0.2, 0) is 16.1 Å². The quantitative estimate of drug-likeness (QED) is 0.869. The summed E-state index contributed by atoms with van der Waals surface area (Å²) in [6, 6.07) is 5.97. The van der Waals surface area contributed by atoms with Gasteiger partial charge in [0.2, 0.25) is 5.91 Å². The molecule has 0 atom stereocenters. The molecule has 0 bridgehead atoms. The highest BCUT2D eigenvalue weighted by Gasteiger charge is 2.18. The van der Waals surface area contributed by atoms with Crippen LogP contribution in [0.15, 0.2) is 23.3 Å². The number of rotatable bonds is 5. The Labute approximate surface area is 129 Å². The van der Waals surface area contributed by atoms with E-state index >= 15 is 0 Å². The topological polar surface area (TPSA) is 79.8 Å². The first-order chi connectivity index (χ1) is 10.5. The summed E-state index contributed by atoms with van der Waals surface area (Å²) in [6.45, 7) is 4.59. The van der Waals surface area contributed by atoms with Crippen LogP contribution in [0.25, 0.3) is 0 Å². The van der Waals surface area contributed by atoms with Crippen molar-refractivity contribution in [2.75, 3.05) is 7.11 Å². The summed E-state index contributed by atoms with van der Waals surface area (Å²) in [5.41, 5.74) is 4.77. The average Bonchev–Trinajstić information content (AvgIpc) is 2.52. The number of hydrogen-bond donors (Lipinski definition) is 2. The second-order valence-corrected chi connectivity index (χ2v) is 5.50. The summed E-state index contributed by atoms with van der Waals surface area (Å²) in [5, 5.41) is 6.61. The maximum absolute atomic E-state index is 12.1. The molecule has 0 spiro atoms. The van der Waals surface area contributed by atoms with Crippen LogP contribution in [0.5, 0.6) is 5.75 Å². The van der Waals surface area contributed by atoms with Crippen molar-refractivity contribution in [2.45, 2.75) is 39.2 Å². The van der Waals surface area contributed by atoms with Gasteiger partial charge in [-0.15, -0.1) is 0 Å². The molecule has 2 rings (SSSR count). The first-order valence-electron chi connectivity index (χ1n) is 7.31. The van der Waals surface area contributed by atoms with E-state index in [1.165, 1.54) is 5.56 Å². The van der Waals surface area contributed by atoms with Crippen LogP contribution in [0.1, 0.15) is 43.7 Å². The Hall–Kier alpha value is -2.37. The average molecular weight is 303 g/mol. The van der Waals surface area contributed by atoms with Crippen molar-refractivity contribution in [2.24, 2.45) is 5.10 Å². The molecule has 0 radical (unpaired) electrons. The first-order valence-corrected chi connectivity index (χ1v) is 7.31. The van der Waals surface area contributed by atoms with Gasteiger partial charge in [0.15, 0.2) is 0 Å². The fourth-order valence-electron chi connectivity index (χ4n) is 2.21. The lowest BCUT2D eigenvalue weighted by Gasteiger charge is -2.15. The highest BCUT2D eigenvalue weighted by atomic mass is 16.5. The van der Waals surface area contributed by atoms with Gasteiger partial charge in [0, 0.05) is 24.9 Å². The fourth-order valence-corrected chi connectivity index (χ4v) is 2.21. The predicted molar refractivity (Wildman–Crippen MR) is 83.7 cm³/mol. The fraction of sp³-hybridized carbons (Fsp3) is 0.438. The molecule has 0 saturated carbocycles. The third kappa shape index (κ3) is 3.84. The maximum Gasteiger partial charge on any atom is 0.267 e. The first kappa shape index (κ1) is 16.0. The molecule has 0 fully saturated rings. The molecule has 1 aliphatic heterocycles. The van der Waals surface area contributed by atoms with Crippen molar-refractivity contribution in [3.05, 3.63) is 29.3 Å². The highest BCUT2D eigenvalue weighted by Crippen LogP contribution is 2.24. The molecule has 1 heterocycles. The molecular formula is C16H21N3O3. The van der Waals surface area contributed by atoms with Crippen LogP contribution in [-0.4, -0.2) is 24.6 Å². The van der Waals surface area contributed by atoms with Gasteiger partial charge in [0.05, 0.1) is 7.11 Å². The maximum atomic E-state index is 12.1. The lowest BCUT2D eigenvalue weighted by atomic mass is 10.00. The van der Waals surface area contributed by atoms with Crippen molar-refractivity contribution in [3.8, 4) is 5.75 Å². The number of hydrazone groups is 1. The highest BCUT2D eigenvalue weighted by molar-refractivity contribution is 6.39. The van der Waals surface area contributed by atoms with Gasteiger partial charge in [-0.25, -0.2) is 5.43 Å². The van der Waals surface area contributed by atoms with Gasteiger partial charge in [-0.2, -0.15) is 5.10 Å². The number of nitrogens with zero attached hydrogens (tertiary/aromatic N) is 1. The largest absolute Gasteiger partial charge is 0.496 e. The zero-order chi connectivity index (χ0) is 16.1. The molecule has 118 valence electrons. The van der Waals surface area contributed by atoms with Crippen molar-refractivity contribution >= 4 is 17.5 Å². The van der Waals surface area contributed by atoms with Crippen LogP contribution >= 0.6 is 0 Å². The van der Waals surface area contributed by atoms with E-state index in [2.05, 4.69) is 29.7 Å². The van der Waals surface area contributed by atoms with E-state index in [1.807, 2.05) is 18.2 Å². The molecule has 1 aromatic carbocycles. The summed E-state index contributed by atoms with van der Waals surface area (Å²) in [7, 11) is 1.61. The Morgan fingerprint density at radius 2 is 2.18 bits per heavy atom. The van der Waals surface area contributed by atoms with E-state index < -0.39 is 0 Å². The van der Waals surface area contributed by atoms with Crippen molar-refractivity contribution in [1.29, 1.82) is 0 Å². The number of methoxy groups -OCH3 is 1. The number of amides is 2. The molecule has 0 aliphatic carbocycles. The molecule has 6 heteroatoms. The van der Waals surface area contributed by atoms with Crippen LogP contribution < -0.4 is 15.5 Å². The zero-order valence-corrected chi connectivity index (χ0v) is 13.1. The molecule has 1 aliphatic rings. The lowest BCUT2D eigenvalue weighted by Crippen LogP contribution is -2.36. The number of nitrogens with one attached hydrogen (secondary N) is 2. The van der Waals surface area contributed by atoms with E-state index in [0.717, 1.165) is 11.3 Å². The monoisotopic (exact) mass is 303 g/mol. The van der Waals surface area contributed by atoms with Gasteiger partial charge in [0.25, 0.3) is 5.91 Å². The third-order valence-electron chi connectivity index (χ3n) is 3.58. The molecule has 0 aromatic heterocycles. The van der Waals surface area contributed by atoms with E-state index in [9.17, 15) is 9.59 Å². The molecule has 2 N–H and O–H groups in total. The molecule has 1 aromatic rings. The molecule has 0 saturated heterocycles. The standard InChI is InChI=1S/C16H21N3O3/c1-10(2)11-4-6-14(22-3)12(8-11)9-17-16(21)13-5-7-15(20)19-18-13/h4,6,8,10H,5,7,9H2,1-3H3,(H,17,21)(H,19,20). The Bertz CT molecular complexity index is 609. The normalized spacial score (nSPS) is 14.4. The van der Waals surface area contributed by atoms with Gasteiger partial charge in [-0.3, -0.25) is 9.59 Å². The smallest absolute Gasteiger partial charge is 0.267 e. The van der Waals surface area contributed by atoms with Crippen molar-refractivity contribution < 1.29 is 14.3 Å². The summed E-state index contributed by atoms with van der Waals surface area (Å²) in [4.78, 5) is 23.1. The van der Waals surface area contributed by atoms with Gasteiger partial charge < -0.3 is 10.1 Å². The minimum Gasteiger partial charge on any atom is -0.496 e. The van der Waals surface area contributed by atoms with Crippen LogP contribution in [0.3, 0.4) is 0 Å². The number of hydrogen-bond acceptors (Lipinski definition) is 4. The van der Waals surface area contributed by atoms with Crippen LogP contribution in [0.4, 0.5) is 0 Å². The van der Waals surface area contributed by atoms with E-state index in [-0.39, 0.29) is 11.8 Å². The molecular weight excluding hydrogens is 282 g/mol. The zero-order valence-electron chi connectivity index (χ0n) is 13.1. The Morgan fingerprint density at radius 1 is 1.41 bits per heavy atom. The van der Waals surface area contributed by atoms with E-state index in [1.54, 1.807) is 7.11 Å². The van der Waals surface area contributed by atoms with Crippen LogP contribution in [0.2, 0.25) is 0 Å². The van der Waals surface area contributed by atoms with Crippen LogP contribution in [0, 0.1) is 0 Å². The van der Waals surface area contributed by atoms with Gasteiger partial charge in [-0.1, -0.05) is 26.0 Å². The minimum absolute atomic E-state index is 0.164. The van der Waals surface area contributed by atoms with Gasteiger partial charge >= 0.3 is 0 Å². The van der Waals surface area contributed by atoms with Gasteiger partial charge in [-0.05, 0) is 17.5 Å². The van der Waals surface area contributed by atoms with Gasteiger partial charge in [0.1, 0.15) is 11.5 Å². The number of benzene rings is 1. The predicted octanol–water partition coefficient (Wildman–Crippen LogP) is 1.70. The number of ether oxygens (including phenoxy) is 1. The second-order valence-electron chi connectivity index (χ2n) is 5.50. The molecule has 22 heavy (non-hydrogen) atoms. The SMILES string of the molecule is COc1ccc(C(C)C)cc1CNC(=O)C1=NNC(=O)CC1. The summed E-state index contributed by atoms with van der Waals surface area (Å²) in [5.74, 6) is 0.710. The van der Waals surface area contributed by atoms with Crippen molar-refractivity contribution in [1.82, 2.24) is 10.7 Å². The molecule has 0 unspecified atom stereocenters. The van der Waals surface area contributed by atoms with E-state index in [0.29, 0.717) is 31.0 Å². The molecule has 6 nitrogen and oxygen atoms in total. The summed E-state index contributed by atoms with van der Waals surface area (Å²) < 4.78 is 5.33. The minimum atomic E-state index is -0.267. The summed E-state index contributed by atoms with van der Waals surface area (Å²) >= 11 is 0. The van der Waals surface area contributed by atoms with Crippen molar-refractivity contribution in [3.63, 3.8) is 0 Å².